The molecule has 2 rings (SSSR count). The minimum atomic E-state index is -3.53. The summed E-state index contributed by atoms with van der Waals surface area (Å²) in [6, 6.07) is 10.7. The lowest BCUT2D eigenvalue weighted by molar-refractivity contribution is -0.118. The lowest BCUT2D eigenvalue weighted by Gasteiger charge is -2.11. The Balaban J connectivity index is 1.95. The molecule has 7 nitrogen and oxygen atoms in total. The first-order valence-electron chi connectivity index (χ1n) is 8.21. The molecular weight excluding hydrogens is 392 g/mol. The van der Waals surface area contributed by atoms with Crippen LogP contribution in [0, 0.1) is 0 Å². The summed E-state index contributed by atoms with van der Waals surface area (Å²) in [6.07, 6.45) is 0.701. The van der Waals surface area contributed by atoms with Crippen LogP contribution < -0.4 is 19.5 Å². The summed E-state index contributed by atoms with van der Waals surface area (Å²) in [5, 5.41) is 3.11. The average molecular weight is 413 g/mol. The van der Waals surface area contributed by atoms with Crippen molar-refractivity contribution >= 4 is 33.2 Å². The molecule has 2 aromatic carbocycles. The Morgan fingerprint density at radius 2 is 1.85 bits per heavy atom. The molecule has 0 unspecified atom stereocenters. The van der Waals surface area contributed by atoms with E-state index in [9.17, 15) is 13.2 Å². The van der Waals surface area contributed by atoms with Gasteiger partial charge in [0.05, 0.1) is 17.7 Å². The molecule has 0 bridgehead atoms. The van der Waals surface area contributed by atoms with E-state index in [0.717, 1.165) is 0 Å². The van der Waals surface area contributed by atoms with Gasteiger partial charge in [0.25, 0.3) is 5.91 Å². The van der Waals surface area contributed by atoms with E-state index in [0.29, 0.717) is 35.2 Å². The third-order valence-corrected chi connectivity index (χ3v) is 5.19. The van der Waals surface area contributed by atoms with Crippen molar-refractivity contribution in [3.63, 3.8) is 0 Å². The van der Waals surface area contributed by atoms with E-state index in [-0.39, 0.29) is 11.5 Å². The van der Waals surface area contributed by atoms with Gasteiger partial charge in [-0.25, -0.2) is 13.1 Å². The number of halogens is 1. The van der Waals surface area contributed by atoms with E-state index in [1.54, 1.807) is 18.2 Å². The maximum atomic E-state index is 12.1. The van der Waals surface area contributed by atoms with Crippen LogP contribution in [0.15, 0.2) is 47.4 Å². The summed E-state index contributed by atoms with van der Waals surface area (Å²) < 4.78 is 37.1. The largest absolute Gasteiger partial charge is 0.495 e. The van der Waals surface area contributed by atoms with Gasteiger partial charge in [0.15, 0.2) is 6.61 Å². The van der Waals surface area contributed by atoms with Gasteiger partial charge in [0, 0.05) is 11.6 Å². The van der Waals surface area contributed by atoms with Gasteiger partial charge < -0.3 is 14.8 Å². The number of carbonyl (C=O) groups excluding carboxylic acids is 1. The first-order chi connectivity index (χ1) is 12.9. The highest BCUT2D eigenvalue weighted by atomic mass is 35.5. The lowest BCUT2D eigenvalue weighted by Crippen LogP contribution is -2.24. The van der Waals surface area contributed by atoms with E-state index in [1.165, 1.54) is 31.4 Å². The van der Waals surface area contributed by atoms with E-state index in [2.05, 4.69) is 10.0 Å². The molecule has 0 fully saturated rings. The van der Waals surface area contributed by atoms with Crippen LogP contribution in [0.2, 0.25) is 5.02 Å². The van der Waals surface area contributed by atoms with Crippen LogP contribution in [-0.2, 0) is 14.8 Å². The Morgan fingerprint density at radius 3 is 2.48 bits per heavy atom. The van der Waals surface area contributed by atoms with Crippen molar-refractivity contribution in [2.24, 2.45) is 0 Å². The maximum absolute atomic E-state index is 12.1. The van der Waals surface area contributed by atoms with Crippen LogP contribution >= 0.6 is 11.6 Å². The predicted molar refractivity (Wildman–Crippen MR) is 104 cm³/mol. The van der Waals surface area contributed by atoms with Crippen LogP contribution in [0.25, 0.3) is 0 Å². The number of carbonyl (C=O) groups is 1. The van der Waals surface area contributed by atoms with Crippen molar-refractivity contribution in [3.05, 3.63) is 47.5 Å². The molecule has 27 heavy (non-hydrogen) atoms. The van der Waals surface area contributed by atoms with Crippen molar-refractivity contribution in [1.29, 1.82) is 0 Å². The fourth-order valence-corrected chi connectivity index (χ4v) is 3.45. The molecule has 2 aromatic rings. The van der Waals surface area contributed by atoms with Gasteiger partial charge in [-0.05, 0) is 48.9 Å². The molecule has 0 aliphatic heterocycles. The number of methoxy groups -OCH3 is 1. The van der Waals surface area contributed by atoms with Crippen LogP contribution in [0.5, 0.6) is 11.5 Å². The topological polar surface area (TPSA) is 93.7 Å². The average Bonchev–Trinajstić information content (AvgIpc) is 2.65. The highest BCUT2D eigenvalue weighted by Gasteiger charge is 2.13. The summed E-state index contributed by atoms with van der Waals surface area (Å²) in [5.41, 5.74) is 0.432. The number of nitrogens with one attached hydrogen (secondary N) is 2. The first-order valence-corrected chi connectivity index (χ1v) is 10.1. The lowest BCUT2D eigenvalue weighted by atomic mass is 10.3. The van der Waals surface area contributed by atoms with Crippen LogP contribution in [0.4, 0.5) is 5.69 Å². The van der Waals surface area contributed by atoms with Gasteiger partial charge in [-0.1, -0.05) is 18.5 Å². The number of anilines is 1. The van der Waals surface area contributed by atoms with Crippen molar-refractivity contribution in [2.75, 3.05) is 25.6 Å². The zero-order valence-electron chi connectivity index (χ0n) is 15.0. The second kappa shape index (κ2) is 9.59. The van der Waals surface area contributed by atoms with Crippen molar-refractivity contribution in [3.8, 4) is 11.5 Å². The minimum absolute atomic E-state index is 0.136. The standard InChI is InChI=1S/C18H21ClN2O5S/c1-3-10-20-27(23,24)15-7-5-14(6-8-15)26-12-18(22)21-16-11-13(19)4-9-17(16)25-2/h4-9,11,20H,3,10,12H2,1-2H3,(H,21,22). The summed E-state index contributed by atoms with van der Waals surface area (Å²) in [7, 11) is -2.05. The smallest absolute Gasteiger partial charge is 0.262 e. The maximum Gasteiger partial charge on any atom is 0.262 e. The van der Waals surface area contributed by atoms with E-state index in [4.69, 9.17) is 21.1 Å². The Labute approximate surface area is 163 Å². The van der Waals surface area contributed by atoms with Crippen LogP contribution in [-0.4, -0.2) is 34.6 Å². The predicted octanol–water partition coefficient (Wildman–Crippen LogP) is 3.05. The van der Waals surface area contributed by atoms with E-state index < -0.39 is 15.9 Å². The SMILES string of the molecule is CCCNS(=O)(=O)c1ccc(OCC(=O)Nc2cc(Cl)ccc2OC)cc1. The molecule has 146 valence electrons. The second-order valence-corrected chi connectivity index (χ2v) is 7.75. The fourth-order valence-electron chi connectivity index (χ4n) is 2.15. The molecule has 0 aromatic heterocycles. The molecule has 0 aliphatic rings. The molecule has 0 aliphatic carbocycles. The van der Waals surface area contributed by atoms with Gasteiger partial charge >= 0.3 is 0 Å². The molecule has 0 radical (unpaired) electrons. The molecule has 9 heteroatoms. The summed E-state index contributed by atoms with van der Waals surface area (Å²) in [5.74, 6) is 0.441. The molecule has 0 atom stereocenters. The number of benzene rings is 2. The molecule has 0 spiro atoms. The molecule has 0 saturated heterocycles. The Bertz CT molecular complexity index is 885. The highest BCUT2D eigenvalue weighted by Crippen LogP contribution is 2.27. The zero-order chi connectivity index (χ0) is 19.9. The Hall–Kier alpha value is -2.29. The van der Waals surface area contributed by atoms with Crippen LogP contribution in [0.1, 0.15) is 13.3 Å². The highest BCUT2D eigenvalue weighted by molar-refractivity contribution is 7.89. The molecule has 0 saturated carbocycles. The van der Waals surface area contributed by atoms with Crippen molar-refractivity contribution in [1.82, 2.24) is 4.72 Å². The third kappa shape index (κ3) is 6.13. The molecule has 0 heterocycles. The number of rotatable bonds is 9. The molecule has 1 amide bonds. The quantitative estimate of drug-likeness (QED) is 0.660. The second-order valence-electron chi connectivity index (χ2n) is 5.55. The van der Waals surface area contributed by atoms with Gasteiger partial charge in [0.2, 0.25) is 10.0 Å². The van der Waals surface area contributed by atoms with E-state index in [1.807, 2.05) is 6.92 Å². The number of sulfonamides is 1. The van der Waals surface area contributed by atoms with Gasteiger partial charge in [-0.15, -0.1) is 0 Å². The van der Waals surface area contributed by atoms with Gasteiger partial charge in [-0.2, -0.15) is 0 Å². The number of amides is 1. The normalized spacial score (nSPS) is 11.1. The molecule has 2 N–H and O–H groups in total. The number of ether oxygens (including phenoxy) is 2. The van der Waals surface area contributed by atoms with Crippen molar-refractivity contribution in [2.45, 2.75) is 18.2 Å². The monoisotopic (exact) mass is 412 g/mol. The molecular formula is C18H21ClN2O5S. The van der Waals surface area contributed by atoms with E-state index >= 15 is 0 Å². The van der Waals surface area contributed by atoms with Crippen LogP contribution in [0.3, 0.4) is 0 Å². The summed E-state index contributed by atoms with van der Waals surface area (Å²) >= 11 is 5.92. The Kier molecular flexibility index (Phi) is 7.46. The van der Waals surface area contributed by atoms with Crippen molar-refractivity contribution < 1.29 is 22.7 Å². The Morgan fingerprint density at radius 1 is 1.15 bits per heavy atom. The first kappa shape index (κ1) is 21.0. The number of hydrogen-bond donors (Lipinski definition) is 2. The number of hydrogen-bond acceptors (Lipinski definition) is 5. The zero-order valence-corrected chi connectivity index (χ0v) is 16.6. The fraction of sp³-hybridized carbons (Fsp3) is 0.278. The van der Waals surface area contributed by atoms with Gasteiger partial charge in [-0.3, -0.25) is 4.79 Å². The van der Waals surface area contributed by atoms with Gasteiger partial charge in [0.1, 0.15) is 11.5 Å². The summed E-state index contributed by atoms with van der Waals surface area (Å²) in [6.45, 7) is 1.99. The third-order valence-electron chi connectivity index (χ3n) is 3.48. The minimum Gasteiger partial charge on any atom is -0.495 e. The summed E-state index contributed by atoms with van der Waals surface area (Å²) in [4.78, 5) is 12.2.